The highest BCUT2D eigenvalue weighted by atomic mass is 16.6. The second-order valence-corrected chi connectivity index (χ2v) is 13.3. The van der Waals surface area contributed by atoms with Crippen molar-refractivity contribution in [2.75, 3.05) is 0 Å². The zero-order valence-corrected chi connectivity index (χ0v) is 24.0. The molecule has 0 unspecified atom stereocenters. The minimum absolute atomic E-state index is 0.0531. The molecule has 0 aromatic rings. The van der Waals surface area contributed by atoms with Gasteiger partial charge in [-0.3, -0.25) is 4.79 Å². The van der Waals surface area contributed by atoms with E-state index in [1.165, 1.54) is 13.0 Å². The molecule has 3 aliphatic carbocycles. The van der Waals surface area contributed by atoms with Gasteiger partial charge >= 0.3 is 17.9 Å². The summed E-state index contributed by atoms with van der Waals surface area (Å²) >= 11 is 0. The van der Waals surface area contributed by atoms with E-state index in [4.69, 9.17) is 14.2 Å². The van der Waals surface area contributed by atoms with Gasteiger partial charge in [0.1, 0.15) is 17.8 Å². The molecule has 0 aromatic carbocycles. The molecule has 2 saturated carbocycles. The summed E-state index contributed by atoms with van der Waals surface area (Å²) < 4.78 is 17.5. The molecule has 5 aliphatic rings. The van der Waals surface area contributed by atoms with Gasteiger partial charge in [-0.15, -0.1) is 0 Å². The summed E-state index contributed by atoms with van der Waals surface area (Å²) in [5, 5.41) is 12.4. The van der Waals surface area contributed by atoms with Crippen molar-refractivity contribution in [2.45, 2.75) is 97.1 Å². The van der Waals surface area contributed by atoms with Gasteiger partial charge in [-0.25, -0.2) is 9.59 Å². The van der Waals surface area contributed by atoms with Crippen molar-refractivity contribution in [3.63, 3.8) is 0 Å². The van der Waals surface area contributed by atoms with E-state index in [1.807, 2.05) is 26.0 Å². The molecular formula is C32H42O7. The van der Waals surface area contributed by atoms with Gasteiger partial charge < -0.3 is 19.3 Å². The molecule has 0 spiro atoms. The average Bonchev–Trinajstić information content (AvgIpc) is 2.91. The lowest BCUT2D eigenvalue weighted by atomic mass is 9.57. The molecule has 0 saturated heterocycles. The van der Waals surface area contributed by atoms with Gasteiger partial charge in [0.05, 0.1) is 11.5 Å². The van der Waals surface area contributed by atoms with E-state index in [0.717, 1.165) is 24.0 Å². The number of esters is 3. The standard InChI is InChI=1S/C32H42O7/c1-17-8-10-24(38-29(17)35)19(3)22-12-13-31(7)23(18(22)2)16-32(36)15-21-9-11-27(34)39-30(5,6)28(21)25(14-26(31)32)37-20(4)33/h8-9,11,15,19,22-26,28,36H,2,10,12-14,16H2,1,3-7H3/t19-,22-,23+,24-,25-,26+,28+,31-,32-/m1/s1. The SMILES string of the molecule is C=C1[C@H]([C@@H](C)[C@H]2CC=C(C)C(=O)O2)CC[C@]2(C)[C@H]1C[C@]1(O)C=C3C=CC(=O)OC(C)(C)[C@@H]3[C@H](OC(C)=O)C[C@@H]21. The van der Waals surface area contributed by atoms with Gasteiger partial charge in [0.15, 0.2) is 0 Å². The van der Waals surface area contributed by atoms with Crippen LogP contribution in [-0.4, -0.2) is 46.4 Å². The summed E-state index contributed by atoms with van der Waals surface area (Å²) in [6, 6.07) is 0. The first-order valence-electron chi connectivity index (χ1n) is 14.3. The first-order chi connectivity index (χ1) is 18.2. The zero-order valence-electron chi connectivity index (χ0n) is 24.0. The van der Waals surface area contributed by atoms with E-state index >= 15 is 0 Å². The number of hydrogen-bond donors (Lipinski definition) is 1. The van der Waals surface area contributed by atoms with Crippen molar-refractivity contribution in [3.05, 3.63) is 47.6 Å². The van der Waals surface area contributed by atoms with Crippen LogP contribution in [0.15, 0.2) is 47.6 Å². The maximum atomic E-state index is 12.4. The first-order valence-corrected chi connectivity index (χ1v) is 14.3. The molecule has 2 heterocycles. The fourth-order valence-corrected chi connectivity index (χ4v) is 8.61. The molecule has 9 atom stereocenters. The van der Waals surface area contributed by atoms with Crippen LogP contribution in [0.2, 0.25) is 0 Å². The molecular weight excluding hydrogens is 496 g/mol. The summed E-state index contributed by atoms with van der Waals surface area (Å²) in [7, 11) is 0. The molecule has 0 aromatic heterocycles. The molecule has 39 heavy (non-hydrogen) atoms. The van der Waals surface area contributed by atoms with Crippen molar-refractivity contribution < 1.29 is 33.7 Å². The maximum absolute atomic E-state index is 12.4. The zero-order chi connectivity index (χ0) is 28.5. The Balaban J connectivity index is 1.50. The Morgan fingerprint density at radius 1 is 1.23 bits per heavy atom. The first kappa shape index (κ1) is 27.9. The summed E-state index contributed by atoms with van der Waals surface area (Å²) in [6.07, 6.45) is 9.68. The largest absolute Gasteiger partial charge is 0.462 e. The van der Waals surface area contributed by atoms with Crippen LogP contribution in [0.5, 0.6) is 0 Å². The molecule has 5 rings (SSSR count). The van der Waals surface area contributed by atoms with E-state index in [0.29, 0.717) is 24.8 Å². The van der Waals surface area contributed by atoms with Crippen LogP contribution < -0.4 is 0 Å². The highest BCUT2D eigenvalue weighted by Gasteiger charge is 2.64. The normalized spacial score (nSPS) is 41.9. The average molecular weight is 539 g/mol. The molecule has 0 radical (unpaired) electrons. The Bertz CT molecular complexity index is 1190. The molecule has 2 aliphatic heterocycles. The van der Waals surface area contributed by atoms with Crippen molar-refractivity contribution >= 4 is 17.9 Å². The topological polar surface area (TPSA) is 99.1 Å². The summed E-state index contributed by atoms with van der Waals surface area (Å²) in [5.41, 5.74) is 0.177. The molecule has 7 nitrogen and oxygen atoms in total. The maximum Gasteiger partial charge on any atom is 0.333 e. The van der Waals surface area contributed by atoms with E-state index in [9.17, 15) is 19.5 Å². The molecule has 2 fully saturated rings. The molecule has 0 amide bonds. The lowest BCUT2D eigenvalue weighted by molar-refractivity contribution is -0.166. The lowest BCUT2D eigenvalue weighted by Gasteiger charge is -2.48. The second kappa shape index (κ2) is 9.46. The van der Waals surface area contributed by atoms with Crippen LogP contribution in [0.1, 0.15) is 73.6 Å². The lowest BCUT2D eigenvalue weighted by Crippen LogP contribution is -2.47. The van der Waals surface area contributed by atoms with Gasteiger partial charge in [0.25, 0.3) is 0 Å². The minimum atomic E-state index is -1.16. The molecule has 7 heteroatoms. The van der Waals surface area contributed by atoms with E-state index in [-0.39, 0.29) is 41.2 Å². The van der Waals surface area contributed by atoms with Crippen molar-refractivity contribution in [3.8, 4) is 0 Å². The number of fused-ring (bicyclic) bond motifs is 4. The number of allylic oxidation sites excluding steroid dienone is 2. The number of carbonyl (C=O) groups excluding carboxylic acids is 3. The summed E-state index contributed by atoms with van der Waals surface area (Å²) in [5.74, 6) is -1.34. The van der Waals surface area contributed by atoms with Gasteiger partial charge in [-0.2, -0.15) is 0 Å². The fraction of sp³-hybridized carbons (Fsp3) is 0.656. The Hall–Kier alpha value is -2.67. The van der Waals surface area contributed by atoms with Crippen LogP contribution in [0.4, 0.5) is 0 Å². The minimum Gasteiger partial charge on any atom is -0.462 e. The fourth-order valence-electron chi connectivity index (χ4n) is 8.61. The number of carbonyl (C=O) groups is 3. The van der Waals surface area contributed by atoms with Gasteiger partial charge in [0.2, 0.25) is 0 Å². The quantitative estimate of drug-likeness (QED) is 0.307. The number of hydrogen-bond acceptors (Lipinski definition) is 7. The van der Waals surface area contributed by atoms with Crippen molar-refractivity contribution in [2.24, 2.45) is 35.0 Å². The van der Waals surface area contributed by atoms with E-state index in [1.54, 1.807) is 13.0 Å². The Labute approximate surface area is 231 Å². The smallest absolute Gasteiger partial charge is 0.333 e. The monoisotopic (exact) mass is 538 g/mol. The van der Waals surface area contributed by atoms with E-state index < -0.39 is 35.2 Å². The van der Waals surface area contributed by atoms with Crippen LogP contribution in [0.3, 0.4) is 0 Å². The Morgan fingerprint density at radius 2 is 1.95 bits per heavy atom. The van der Waals surface area contributed by atoms with Crippen LogP contribution >= 0.6 is 0 Å². The number of ether oxygens (including phenoxy) is 3. The molecule has 0 bridgehead atoms. The van der Waals surface area contributed by atoms with Gasteiger partial charge in [0, 0.05) is 30.9 Å². The van der Waals surface area contributed by atoms with Crippen molar-refractivity contribution in [1.29, 1.82) is 0 Å². The van der Waals surface area contributed by atoms with Crippen LogP contribution in [0, 0.1) is 35.0 Å². The highest BCUT2D eigenvalue weighted by molar-refractivity contribution is 5.88. The Morgan fingerprint density at radius 3 is 2.62 bits per heavy atom. The van der Waals surface area contributed by atoms with Gasteiger partial charge in [-0.1, -0.05) is 38.2 Å². The number of cyclic esters (lactones) is 2. The van der Waals surface area contributed by atoms with E-state index in [2.05, 4.69) is 20.4 Å². The summed E-state index contributed by atoms with van der Waals surface area (Å²) in [4.78, 5) is 36.9. The van der Waals surface area contributed by atoms with Crippen LogP contribution in [0.25, 0.3) is 0 Å². The van der Waals surface area contributed by atoms with Crippen molar-refractivity contribution in [1.82, 2.24) is 0 Å². The predicted molar refractivity (Wildman–Crippen MR) is 145 cm³/mol. The number of aliphatic hydroxyl groups is 1. The highest BCUT2D eigenvalue weighted by Crippen LogP contribution is 2.66. The van der Waals surface area contributed by atoms with Crippen LogP contribution in [-0.2, 0) is 28.6 Å². The van der Waals surface area contributed by atoms with Gasteiger partial charge in [-0.05, 0) is 81.3 Å². The second-order valence-electron chi connectivity index (χ2n) is 13.3. The molecule has 212 valence electrons. The third-order valence-electron chi connectivity index (χ3n) is 10.6. The predicted octanol–water partition coefficient (Wildman–Crippen LogP) is 4.99. The summed E-state index contributed by atoms with van der Waals surface area (Å²) in [6.45, 7) is 15.8. The molecule has 1 N–H and O–H groups in total. The Kier molecular flexibility index (Phi) is 6.77. The third-order valence-corrected chi connectivity index (χ3v) is 10.6. The number of rotatable bonds is 3. The third kappa shape index (κ3) is 4.60.